The molecule has 3 N–H and O–H groups in total. The molecule has 7 rings (SSSR count). The number of H-pyrrole nitrogens is 1. The van der Waals surface area contributed by atoms with Crippen molar-refractivity contribution in [3.8, 4) is 6.07 Å². The highest BCUT2D eigenvalue weighted by Crippen LogP contribution is 2.58. The maximum absolute atomic E-state index is 9.05. The number of anilines is 4. The number of aromatic nitrogens is 4. The first-order valence-electron chi connectivity index (χ1n) is 13.8. The number of hydrogen-bond donors (Lipinski definition) is 3. The van der Waals surface area contributed by atoms with E-state index in [2.05, 4.69) is 61.9 Å². The Bertz CT molecular complexity index is 1380. The topological polar surface area (TPSA) is 118 Å². The lowest BCUT2D eigenvalue weighted by Gasteiger charge is -2.74. The van der Waals surface area contributed by atoms with Gasteiger partial charge in [0.15, 0.2) is 5.82 Å². The van der Waals surface area contributed by atoms with E-state index >= 15 is 0 Å². The molecule has 10 heteroatoms. The van der Waals surface area contributed by atoms with Crippen LogP contribution in [0.15, 0.2) is 24.3 Å². The molecule has 198 valence electrons. The molecule has 0 radical (unpaired) electrons. The quantitative estimate of drug-likeness (QED) is 0.391. The van der Waals surface area contributed by atoms with E-state index in [1.54, 1.807) is 0 Å². The molecule has 4 atom stereocenters. The molecule has 4 fully saturated rings. The summed E-state index contributed by atoms with van der Waals surface area (Å²) in [4.78, 5) is 14.9. The van der Waals surface area contributed by atoms with Gasteiger partial charge in [-0.05, 0) is 57.2 Å². The monoisotopic (exact) mass is 513 g/mol. The number of nitriles is 1. The summed E-state index contributed by atoms with van der Waals surface area (Å²) in [5.74, 6) is 2.74. The Labute approximate surface area is 222 Å². The zero-order chi connectivity index (χ0) is 25.9. The second-order valence-corrected chi connectivity index (χ2v) is 11.8. The van der Waals surface area contributed by atoms with E-state index in [0.717, 1.165) is 72.9 Å². The maximum atomic E-state index is 9.05. The standard InChI is InChI=1S/C28H35N9O/c1-17-8-25(35-34-17)32-26-23-5-4-20(36(2)14-18-15-38-16-18)11-24(23)31-27(33-26)30-19-9-21-12-28(6-3-7-29)13-22(10-19)37(21)28/h4-5,8,11,18-19,21-22H,3,6,9-10,12-16H2,1-2H3,(H3,30,31,32,33,34,35)/t19?,21-,22+,28?. The van der Waals surface area contributed by atoms with Gasteiger partial charge in [-0.3, -0.25) is 10.00 Å². The largest absolute Gasteiger partial charge is 0.381 e. The van der Waals surface area contributed by atoms with Crippen LogP contribution in [0, 0.1) is 24.2 Å². The zero-order valence-corrected chi connectivity index (χ0v) is 22.1. The Kier molecular flexibility index (Phi) is 5.67. The van der Waals surface area contributed by atoms with Crippen LogP contribution in [0.3, 0.4) is 0 Å². The van der Waals surface area contributed by atoms with Crippen molar-refractivity contribution in [1.82, 2.24) is 25.1 Å². The molecule has 2 aromatic heterocycles. The fourth-order valence-corrected chi connectivity index (χ4v) is 7.29. The predicted octanol–water partition coefficient (Wildman–Crippen LogP) is 3.95. The molecule has 6 heterocycles. The summed E-state index contributed by atoms with van der Waals surface area (Å²) in [5.41, 5.74) is 3.36. The van der Waals surface area contributed by atoms with Crippen LogP contribution < -0.4 is 15.5 Å². The van der Waals surface area contributed by atoms with E-state index in [1.807, 2.05) is 13.0 Å². The number of aromatic amines is 1. The van der Waals surface area contributed by atoms with Gasteiger partial charge in [-0.2, -0.15) is 15.3 Å². The molecule has 3 aromatic rings. The van der Waals surface area contributed by atoms with Crippen molar-refractivity contribution in [2.45, 2.75) is 69.1 Å². The van der Waals surface area contributed by atoms with Gasteiger partial charge in [0.2, 0.25) is 5.95 Å². The Hall–Kier alpha value is -3.42. The van der Waals surface area contributed by atoms with Gasteiger partial charge in [-0.25, -0.2) is 4.98 Å². The molecular weight excluding hydrogens is 478 g/mol. The van der Waals surface area contributed by atoms with Gasteiger partial charge in [-0.15, -0.1) is 0 Å². The van der Waals surface area contributed by atoms with Crippen LogP contribution in [0.4, 0.5) is 23.3 Å². The fraction of sp³-hybridized carbons (Fsp3) is 0.571. The Morgan fingerprint density at radius 1 is 1.21 bits per heavy atom. The Balaban J connectivity index is 1.13. The van der Waals surface area contributed by atoms with Crippen LogP contribution >= 0.6 is 0 Å². The number of rotatable bonds is 9. The van der Waals surface area contributed by atoms with Crippen molar-refractivity contribution in [2.24, 2.45) is 5.92 Å². The number of nitrogens with one attached hydrogen (secondary N) is 3. The van der Waals surface area contributed by atoms with Gasteiger partial charge in [0.1, 0.15) is 5.82 Å². The summed E-state index contributed by atoms with van der Waals surface area (Å²) in [5, 5.41) is 24.5. The van der Waals surface area contributed by atoms with Gasteiger partial charge in [0.25, 0.3) is 0 Å². The summed E-state index contributed by atoms with van der Waals surface area (Å²) >= 11 is 0. The Morgan fingerprint density at radius 3 is 2.71 bits per heavy atom. The summed E-state index contributed by atoms with van der Waals surface area (Å²) in [7, 11) is 2.13. The number of nitrogens with zero attached hydrogens (tertiary/aromatic N) is 6. The van der Waals surface area contributed by atoms with E-state index in [1.165, 1.54) is 12.8 Å². The van der Waals surface area contributed by atoms with Crippen LogP contribution in [0.5, 0.6) is 0 Å². The average molecular weight is 514 g/mol. The van der Waals surface area contributed by atoms with Crippen molar-refractivity contribution in [1.29, 1.82) is 5.26 Å². The van der Waals surface area contributed by atoms with Gasteiger partial charge in [0, 0.05) is 72.4 Å². The second-order valence-electron chi connectivity index (χ2n) is 11.8. The molecule has 0 amide bonds. The maximum Gasteiger partial charge on any atom is 0.225 e. The molecule has 0 aliphatic carbocycles. The van der Waals surface area contributed by atoms with Crippen molar-refractivity contribution in [2.75, 3.05) is 42.3 Å². The van der Waals surface area contributed by atoms with Crippen molar-refractivity contribution < 1.29 is 4.74 Å². The number of hydrogen-bond acceptors (Lipinski definition) is 9. The number of piperidine rings is 2. The first kappa shape index (κ1) is 23.7. The van der Waals surface area contributed by atoms with E-state index in [4.69, 9.17) is 20.0 Å². The number of ether oxygens (including phenoxy) is 1. The van der Waals surface area contributed by atoms with Gasteiger partial charge in [0.05, 0.1) is 24.8 Å². The average Bonchev–Trinajstić information content (AvgIpc) is 3.26. The SMILES string of the molecule is Cc1cc(Nc2nc(NC3C[C@@H]4CC5(CCC#N)C[C@H](C3)N45)nc3cc(N(C)CC4COC4)ccc23)n[nH]1. The molecule has 38 heavy (non-hydrogen) atoms. The van der Waals surface area contributed by atoms with Crippen LogP contribution in [-0.2, 0) is 4.74 Å². The second kappa shape index (κ2) is 9.10. The molecule has 0 saturated carbocycles. The van der Waals surface area contributed by atoms with E-state index in [9.17, 15) is 0 Å². The third-order valence-corrected chi connectivity index (χ3v) is 9.03. The number of benzene rings is 1. The molecule has 4 aliphatic heterocycles. The highest BCUT2D eigenvalue weighted by molar-refractivity contribution is 5.93. The van der Waals surface area contributed by atoms with Gasteiger partial charge >= 0.3 is 0 Å². The Morgan fingerprint density at radius 2 is 2.03 bits per heavy atom. The third-order valence-electron chi connectivity index (χ3n) is 9.03. The van der Waals surface area contributed by atoms with Crippen LogP contribution in [0.1, 0.15) is 44.2 Å². The molecule has 0 spiro atoms. The molecule has 4 aliphatic rings. The smallest absolute Gasteiger partial charge is 0.225 e. The van der Waals surface area contributed by atoms with Gasteiger partial charge in [-0.1, -0.05) is 0 Å². The third kappa shape index (κ3) is 4.05. The number of aryl methyl sites for hydroxylation is 1. The van der Waals surface area contributed by atoms with Crippen molar-refractivity contribution >= 4 is 34.2 Å². The molecule has 4 saturated heterocycles. The summed E-state index contributed by atoms with van der Waals surface area (Å²) in [6.07, 6.45) is 6.32. The summed E-state index contributed by atoms with van der Waals surface area (Å²) in [6.45, 7) is 4.63. The van der Waals surface area contributed by atoms with E-state index in [-0.39, 0.29) is 0 Å². The minimum absolute atomic E-state index is 0.322. The summed E-state index contributed by atoms with van der Waals surface area (Å²) < 4.78 is 5.37. The normalized spacial score (nSPS) is 28.0. The van der Waals surface area contributed by atoms with E-state index < -0.39 is 0 Å². The lowest BCUT2D eigenvalue weighted by Crippen LogP contribution is -2.81. The van der Waals surface area contributed by atoms with Gasteiger partial charge < -0.3 is 20.3 Å². The van der Waals surface area contributed by atoms with Crippen LogP contribution in [-0.4, -0.2) is 75.5 Å². The molecular formula is C28H35N9O. The predicted molar refractivity (Wildman–Crippen MR) is 147 cm³/mol. The lowest BCUT2D eigenvalue weighted by atomic mass is 9.57. The number of fused-ring (bicyclic) bond motifs is 1. The molecule has 10 nitrogen and oxygen atoms in total. The zero-order valence-electron chi connectivity index (χ0n) is 22.1. The van der Waals surface area contributed by atoms with Crippen LogP contribution in [0.2, 0.25) is 0 Å². The van der Waals surface area contributed by atoms with E-state index in [0.29, 0.717) is 42.0 Å². The lowest BCUT2D eigenvalue weighted by molar-refractivity contribution is -0.222. The summed E-state index contributed by atoms with van der Waals surface area (Å²) in [6, 6.07) is 12.3. The van der Waals surface area contributed by atoms with Crippen LogP contribution in [0.25, 0.3) is 10.9 Å². The minimum atomic E-state index is 0.322. The minimum Gasteiger partial charge on any atom is -0.381 e. The molecule has 2 unspecified atom stereocenters. The van der Waals surface area contributed by atoms with Crippen molar-refractivity contribution in [3.05, 3.63) is 30.0 Å². The first-order chi connectivity index (χ1) is 18.5. The molecule has 0 bridgehead atoms. The first-order valence-corrected chi connectivity index (χ1v) is 13.8. The molecule has 1 aromatic carbocycles. The fourth-order valence-electron chi connectivity index (χ4n) is 7.29. The highest BCUT2D eigenvalue weighted by Gasteiger charge is 2.64. The van der Waals surface area contributed by atoms with Crippen molar-refractivity contribution in [3.63, 3.8) is 0 Å². The highest BCUT2D eigenvalue weighted by atomic mass is 16.5.